The number of nitrogens with zero attached hydrogens (tertiary/aromatic N) is 1. The van der Waals surface area contributed by atoms with Crippen LogP contribution < -0.4 is 5.32 Å². The van der Waals surface area contributed by atoms with E-state index in [1.165, 1.54) is 71.1 Å². The monoisotopic (exact) mass is 238 g/mol. The third kappa shape index (κ3) is 3.23. The molecule has 1 atom stereocenters. The first-order valence-corrected chi connectivity index (χ1v) is 7.74. The molecule has 100 valence electrons. The Morgan fingerprint density at radius 2 is 1.94 bits per heavy atom. The largest absolute Gasteiger partial charge is 0.316 e. The van der Waals surface area contributed by atoms with Gasteiger partial charge in [-0.3, -0.25) is 0 Å². The highest BCUT2D eigenvalue weighted by Crippen LogP contribution is 2.33. The molecule has 1 N–H and O–H groups in total. The zero-order valence-electron chi connectivity index (χ0n) is 11.8. The molecule has 0 bridgehead atoms. The Labute approximate surface area is 107 Å². The molecule has 0 spiro atoms. The molecule has 0 amide bonds. The molecule has 1 heterocycles. The number of hydrogen-bond donors (Lipinski definition) is 1. The van der Waals surface area contributed by atoms with Gasteiger partial charge in [-0.15, -0.1) is 0 Å². The normalized spacial score (nSPS) is 31.2. The maximum Gasteiger partial charge on any atom is 0.00953 e. The molecular formula is C15H30N2. The van der Waals surface area contributed by atoms with Crippen LogP contribution in [0.15, 0.2) is 0 Å². The van der Waals surface area contributed by atoms with Gasteiger partial charge in [-0.25, -0.2) is 0 Å². The van der Waals surface area contributed by atoms with E-state index in [2.05, 4.69) is 24.1 Å². The van der Waals surface area contributed by atoms with E-state index in [1.807, 2.05) is 0 Å². The lowest BCUT2D eigenvalue weighted by atomic mass is 9.77. The Bertz CT molecular complexity index is 215. The number of nitrogens with one attached hydrogen (secondary N) is 1. The minimum Gasteiger partial charge on any atom is -0.316 e. The van der Waals surface area contributed by atoms with Crippen LogP contribution in [0.25, 0.3) is 0 Å². The fourth-order valence-corrected chi connectivity index (χ4v) is 3.78. The van der Waals surface area contributed by atoms with Gasteiger partial charge in [0.25, 0.3) is 0 Å². The predicted octanol–water partition coefficient (Wildman–Crippen LogP) is 3.03. The second-order valence-corrected chi connectivity index (χ2v) is 6.14. The molecule has 1 aliphatic carbocycles. The van der Waals surface area contributed by atoms with Gasteiger partial charge in [-0.2, -0.15) is 0 Å². The maximum absolute atomic E-state index is 3.62. The fourth-order valence-electron chi connectivity index (χ4n) is 3.78. The topological polar surface area (TPSA) is 15.3 Å². The third-order valence-corrected chi connectivity index (χ3v) is 5.10. The average molecular weight is 238 g/mol. The summed E-state index contributed by atoms with van der Waals surface area (Å²) in [6.45, 7) is 9.78. The van der Waals surface area contributed by atoms with Crippen LogP contribution in [0.4, 0.5) is 0 Å². The lowest BCUT2D eigenvalue weighted by Gasteiger charge is -2.42. The van der Waals surface area contributed by atoms with Gasteiger partial charge in [0.05, 0.1) is 0 Å². The van der Waals surface area contributed by atoms with Crippen LogP contribution >= 0.6 is 0 Å². The minimum absolute atomic E-state index is 0.566. The van der Waals surface area contributed by atoms with Gasteiger partial charge in [0.2, 0.25) is 0 Å². The highest BCUT2D eigenvalue weighted by Gasteiger charge is 2.34. The SMILES string of the molecule is CCN(CC1(CC)CCCNC1)C1CCCC1. The summed E-state index contributed by atoms with van der Waals surface area (Å²) in [6.07, 6.45) is 9.94. The molecule has 1 aliphatic heterocycles. The average Bonchev–Trinajstić information content (AvgIpc) is 2.91. The summed E-state index contributed by atoms with van der Waals surface area (Å²) in [5.41, 5.74) is 0.566. The molecular weight excluding hydrogens is 208 g/mol. The van der Waals surface area contributed by atoms with Crippen molar-refractivity contribution in [2.75, 3.05) is 26.2 Å². The molecule has 0 aromatic heterocycles. The molecule has 1 unspecified atom stereocenters. The van der Waals surface area contributed by atoms with E-state index in [4.69, 9.17) is 0 Å². The van der Waals surface area contributed by atoms with Crippen LogP contribution in [-0.2, 0) is 0 Å². The van der Waals surface area contributed by atoms with Gasteiger partial charge in [0, 0.05) is 19.1 Å². The predicted molar refractivity (Wildman–Crippen MR) is 74.3 cm³/mol. The van der Waals surface area contributed by atoms with Crippen molar-refractivity contribution >= 4 is 0 Å². The summed E-state index contributed by atoms with van der Waals surface area (Å²) in [5.74, 6) is 0. The summed E-state index contributed by atoms with van der Waals surface area (Å²) in [5, 5.41) is 3.62. The van der Waals surface area contributed by atoms with Crippen molar-refractivity contribution in [1.29, 1.82) is 0 Å². The smallest absolute Gasteiger partial charge is 0.00953 e. The Hall–Kier alpha value is -0.0800. The molecule has 0 aromatic rings. The van der Waals surface area contributed by atoms with E-state index in [0.29, 0.717) is 5.41 Å². The van der Waals surface area contributed by atoms with Crippen molar-refractivity contribution in [1.82, 2.24) is 10.2 Å². The molecule has 2 nitrogen and oxygen atoms in total. The first-order valence-electron chi connectivity index (χ1n) is 7.74. The van der Waals surface area contributed by atoms with Gasteiger partial charge in [-0.05, 0) is 50.6 Å². The molecule has 1 saturated heterocycles. The second-order valence-electron chi connectivity index (χ2n) is 6.14. The van der Waals surface area contributed by atoms with E-state index >= 15 is 0 Å². The van der Waals surface area contributed by atoms with Crippen LogP contribution in [0.2, 0.25) is 0 Å². The van der Waals surface area contributed by atoms with Gasteiger partial charge >= 0.3 is 0 Å². The first-order chi connectivity index (χ1) is 8.29. The van der Waals surface area contributed by atoms with Crippen molar-refractivity contribution in [2.45, 2.75) is 64.8 Å². The Morgan fingerprint density at radius 3 is 2.47 bits per heavy atom. The molecule has 2 aliphatic rings. The summed E-state index contributed by atoms with van der Waals surface area (Å²) in [7, 11) is 0. The molecule has 2 fully saturated rings. The quantitative estimate of drug-likeness (QED) is 0.792. The molecule has 2 rings (SSSR count). The lowest BCUT2D eigenvalue weighted by Crippen LogP contribution is -2.49. The van der Waals surface area contributed by atoms with Crippen LogP contribution in [0, 0.1) is 5.41 Å². The van der Waals surface area contributed by atoms with Crippen molar-refractivity contribution in [3.05, 3.63) is 0 Å². The minimum atomic E-state index is 0.566. The Kier molecular flexibility index (Phi) is 4.87. The van der Waals surface area contributed by atoms with E-state index in [9.17, 15) is 0 Å². The Balaban J connectivity index is 1.94. The summed E-state index contributed by atoms with van der Waals surface area (Å²) < 4.78 is 0. The van der Waals surface area contributed by atoms with Crippen LogP contribution in [0.5, 0.6) is 0 Å². The molecule has 2 heteroatoms. The van der Waals surface area contributed by atoms with E-state index in [1.54, 1.807) is 0 Å². The van der Waals surface area contributed by atoms with Gasteiger partial charge in [0.1, 0.15) is 0 Å². The third-order valence-electron chi connectivity index (χ3n) is 5.10. The van der Waals surface area contributed by atoms with Crippen molar-refractivity contribution in [3.63, 3.8) is 0 Å². The zero-order valence-corrected chi connectivity index (χ0v) is 11.8. The highest BCUT2D eigenvalue weighted by molar-refractivity contribution is 4.89. The van der Waals surface area contributed by atoms with Gasteiger partial charge in [-0.1, -0.05) is 26.7 Å². The standard InChI is InChI=1S/C15H30N2/c1-3-15(10-7-11-16-12-15)13-17(4-2)14-8-5-6-9-14/h14,16H,3-13H2,1-2H3. The summed E-state index contributed by atoms with van der Waals surface area (Å²) in [4.78, 5) is 2.78. The van der Waals surface area contributed by atoms with Crippen molar-refractivity contribution in [3.8, 4) is 0 Å². The second kappa shape index (κ2) is 6.19. The van der Waals surface area contributed by atoms with Gasteiger partial charge in [0.15, 0.2) is 0 Å². The van der Waals surface area contributed by atoms with Gasteiger partial charge < -0.3 is 10.2 Å². The number of piperidine rings is 1. The van der Waals surface area contributed by atoms with Crippen LogP contribution in [-0.4, -0.2) is 37.1 Å². The summed E-state index contributed by atoms with van der Waals surface area (Å²) in [6, 6.07) is 0.894. The fraction of sp³-hybridized carbons (Fsp3) is 1.00. The number of hydrogen-bond acceptors (Lipinski definition) is 2. The lowest BCUT2D eigenvalue weighted by molar-refractivity contribution is 0.0868. The molecule has 0 radical (unpaired) electrons. The van der Waals surface area contributed by atoms with E-state index < -0.39 is 0 Å². The van der Waals surface area contributed by atoms with Crippen LogP contribution in [0.1, 0.15) is 58.8 Å². The highest BCUT2D eigenvalue weighted by atomic mass is 15.2. The molecule has 0 aromatic carbocycles. The Morgan fingerprint density at radius 1 is 1.18 bits per heavy atom. The van der Waals surface area contributed by atoms with Crippen molar-refractivity contribution < 1.29 is 0 Å². The molecule has 1 saturated carbocycles. The summed E-state index contributed by atoms with van der Waals surface area (Å²) >= 11 is 0. The van der Waals surface area contributed by atoms with E-state index in [0.717, 1.165) is 6.04 Å². The molecule has 17 heavy (non-hydrogen) atoms. The maximum atomic E-state index is 3.62. The zero-order chi connectivity index (χ0) is 12.1. The number of rotatable bonds is 5. The van der Waals surface area contributed by atoms with Crippen LogP contribution in [0.3, 0.4) is 0 Å². The van der Waals surface area contributed by atoms with E-state index in [-0.39, 0.29) is 0 Å². The first kappa shape index (κ1) is 13.4. The van der Waals surface area contributed by atoms with Crippen molar-refractivity contribution in [2.24, 2.45) is 5.41 Å².